The maximum absolute atomic E-state index is 13.0. The van der Waals surface area contributed by atoms with E-state index in [0.717, 1.165) is 0 Å². The molecular weight excluding hydrogens is 378 g/mol. The molecule has 0 radical (unpaired) electrons. The molecule has 0 fully saturated rings. The maximum atomic E-state index is 13.0. The van der Waals surface area contributed by atoms with E-state index in [1.54, 1.807) is 6.92 Å². The highest BCUT2D eigenvalue weighted by Crippen LogP contribution is 2.33. The van der Waals surface area contributed by atoms with Gasteiger partial charge in [-0.1, -0.05) is 16.8 Å². The van der Waals surface area contributed by atoms with E-state index < -0.39 is 15.6 Å². The molecule has 26 heavy (non-hydrogen) atoms. The van der Waals surface area contributed by atoms with Crippen molar-refractivity contribution in [2.24, 2.45) is 5.16 Å². The zero-order valence-corrected chi connectivity index (χ0v) is 16.0. The Morgan fingerprint density at radius 1 is 1.23 bits per heavy atom. The number of oxime groups is 1. The molecule has 0 amide bonds. The number of fused-ring (bicyclic) bond motifs is 1. The van der Waals surface area contributed by atoms with Gasteiger partial charge in [0.1, 0.15) is 7.11 Å². The molecule has 2 aliphatic rings. The number of hydrogen-bond acceptors (Lipinski definition) is 6. The summed E-state index contributed by atoms with van der Waals surface area (Å²) in [6.07, 6.45) is 1.60. The number of hydrogen-bond donors (Lipinski definition) is 0. The van der Waals surface area contributed by atoms with Crippen molar-refractivity contribution < 1.29 is 22.8 Å². The average Bonchev–Trinajstić information content (AvgIpc) is 2.57. The number of carbonyl (C=O) groups excluding carboxylic acids is 2. The Morgan fingerprint density at radius 2 is 1.96 bits per heavy atom. The summed E-state index contributed by atoms with van der Waals surface area (Å²) >= 11 is 6.14. The first-order valence-corrected chi connectivity index (χ1v) is 10.2. The number of halogens is 1. The number of benzene rings is 1. The van der Waals surface area contributed by atoms with Crippen molar-refractivity contribution in [1.29, 1.82) is 0 Å². The quantitative estimate of drug-likeness (QED) is 0.446. The van der Waals surface area contributed by atoms with Gasteiger partial charge < -0.3 is 4.84 Å². The van der Waals surface area contributed by atoms with Gasteiger partial charge in [0.25, 0.3) is 0 Å². The van der Waals surface area contributed by atoms with E-state index in [1.807, 2.05) is 0 Å². The minimum absolute atomic E-state index is 0.00450. The molecule has 1 aromatic rings. The highest BCUT2D eigenvalue weighted by atomic mass is 35.5. The Bertz CT molecular complexity index is 976. The normalized spacial score (nSPS) is 20.9. The van der Waals surface area contributed by atoms with Gasteiger partial charge in [0.2, 0.25) is 0 Å². The van der Waals surface area contributed by atoms with E-state index in [0.29, 0.717) is 29.7 Å². The molecular formula is C18H18ClNO5S. The second-order valence-electron chi connectivity index (χ2n) is 6.29. The van der Waals surface area contributed by atoms with Crippen LogP contribution in [-0.4, -0.2) is 38.6 Å². The second kappa shape index (κ2) is 6.96. The topological polar surface area (TPSA) is 89.9 Å². The SMILES string of the molecule is CON=C1CCS(=O)(=O)c2ccc(C(=O)C3=C(Cl)CCCC3=O)c(C)c21. The minimum atomic E-state index is -3.46. The first-order valence-electron chi connectivity index (χ1n) is 8.21. The van der Waals surface area contributed by atoms with Gasteiger partial charge in [-0.05, 0) is 37.5 Å². The Hall–Kier alpha value is -1.99. The molecule has 1 aromatic carbocycles. The smallest absolute Gasteiger partial charge is 0.198 e. The van der Waals surface area contributed by atoms with Crippen LogP contribution in [0, 0.1) is 6.92 Å². The van der Waals surface area contributed by atoms with Gasteiger partial charge in [-0.2, -0.15) is 0 Å². The third-order valence-electron chi connectivity index (χ3n) is 4.68. The molecule has 1 heterocycles. The van der Waals surface area contributed by atoms with Crippen molar-refractivity contribution in [3.8, 4) is 0 Å². The van der Waals surface area contributed by atoms with Gasteiger partial charge >= 0.3 is 0 Å². The summed E-state index contributed by atoms with van der Waals surface area (Å²) in [6.45, 7) is 1.65. The highest BCUT2D eigenvalue weighted by molar-refractivity contribution is 7.91. The van der Waals surface area contributed by atoms with Gasteiger partial charge in [-0.25, -0.2) is 8.42 Å². The minimum Gasteiger partial charge on any atom is -0.399 e. The number of rotatable bonds is 3. The van der Waals surface area contributed by atoms with Crippen LogP contribution >= 0.6 is 11.6 Å². The number of carbonyl (C=O) groups is 2. The molecule has 0 bridgehead atoms. The zero-order valence-electron chi connectivity index (χ0n) is 14.5. The van der Waals surface area contributed by atoms with Gasteiger partial charge in [0.05, 0.1) is 21.9 Å². The zero-order chi connectivity index (χ0) is 19.1. The van der Waals surface area contributed by atoms with Crippen molar-refractivity contribution >= 4 is 38.7 Å². The van der Waals surface area contributed by atoms with Gasteiger partial charge in [0.15, 0.2) is 21.4 Å². The lowest BCUT2D eigenvalue weighted by atomic mass is 9.88. The lowest BCUT2D eigenvalue weighted by molar-refractivity contribution is -0.115. The molecule has 0 spiro atoms. The number of ketones is 2. The van der Waals surface area contributed by atoms with Crippen LogP contribution in [0.4, 0.5) is 0 Å². The molecule has 0 aromatic heterocycles. The molecule has 0 atom stereocenters. The Labute approximate surface area is 156 Å². The van der Waals surface area contributed by atoms with Crippen LogP contribution in [-0.2, 0) is 19.5 Å². The standard InChI is InChI=1S/C18H18ClNO5S/c1-10-11(18(22)17-12(19)4-3-5-14(17)21)6-7-15-16(10)13(20-25-2)8-9-26(15,23)24/h6-7H,3-5,8-9H2,1-2H3. The number of Topliss-reactive ketones (excluding diaryl/α,β-unsaturated/α-hetero) is 2. The molecule has 8 heteroatoms. The van der Waals surface area contributed by atoms with Crippen LogP contribution in [0.5, 0.6) is 0 Å². The van der Waals surface area contributed by atoms with Crippen LogP contribution in [0.1, 0.15) is 47.2 Å². The van der Waals surface area contributed by atoms with E-state index in [2.05, 4.69) is 5.16 Å². The van der Waals surface area contributed by atoms with E-state index in [-0.39, 0.29) is 45.4 Å². The van der Waals surface area contributed by atoms with E-state index in [1.165, 1.54) is 19.2 Å². The summed E-state index contributed by atoms with van der Waals surface area (Å²) < 4.78 is 24.8. The predicted molar refractivity (Wildman–Crippen MR) is 97.5 cm³/mol. The summed E-state index contributed by atoms with van der Waals surface area (Å²) in [5, 5.41) is 4.20. The fourth-order valence-corrected chi connectivity index (χ4v) is 5.27. The van der Waals surface area contributed by atoms with Crippen LogP contribution in [0.2, 0.25) is 0 Å². The maximum Gasteiger partial charge on any atom is 0.198 e. The first-order chi connectivity index (χ1) is 12.3. The summed E-state index contributed by atoms with van der Waals surface area (Å²) in [7, 11) is -2.08. The fraction of sp³-hybridized carbons (Fsp3) is 0.389. The van der Waals surface area contributed by atoms with Gasteiger partial charge in [-0.3, -0.25) is 9.59 Å². The van der Waals surface area contributed by atoms with Crippen LogP contribution < -0.4 is 0 Å². The largest absolute Gasteiger partial charge is 0.399 e. The van der Waals surface area contributed by atoms with Crippen LogP contribution in [0.15, 0.2) is 32.8 Å². The lowest BCUT2D eigenvalue weighted by Gasteiger charge is -2.22. The van der Waals surface area contributed by atoms with Gasteiger partial charge in [-0.15, -0.1) is 0 Å². The predicted octanol–water partition coefficient (Wildman–Crippen LogP) is 2.95. The third kappa shape index (κ3) is 3.10. The van der Waals surface area contributed by atoms with Crippen molar-refractivity contribution in [2.45, 2.75) is 37.5 Å². The summed E-state index contributed by atoms with van der Waals surface area (Å²) in [5.74, 6) is -0.814. The van der Waals surface area contributed by atoms with Gasteiger partial charge in [0, 0.05) is 29.0 Å². The summed E-state index contributed by atoms with van der Waals surface area (Å²) in [5.41, 5.74) is 1.57. The molecule has 0 saturated carbocycles. The number of nitrogens with zero attached hydrogens (tertiary/aromatic N) is 1. The molecule has 1 aliphatic heterocycles. The Balaban J connectivity index is 2.21. The second-order valence-corrected chi connectivity index (χ2v) is 8.82. The summed E-state index contributed by atoms with van der Waals surface area (Å²) in [6, 6.07) is 2.85. The van der Waals surface area contributed by atoms with Crippen LogP contribution in [0.3, 0.4) is 0 Å². The third-order valence-corrected chi connectivity index (χ3v) is 6.81. The van der Waals surface area contributed by atoms with Crippen LogP contribution in [0.25, 0.3) is 0 Å². The lowest BCUT2D eigenvalue weighted by Crippen LogP contribution is -2.25. The van der Waals surface area contributed by atoms with E-state index in [4.69, 9.17) is 16.4 Å². The molecule has 0 saturated heterocycles. The van der Waals surface area contributed by atoms with E-state index >= 15 is 0 Å². The molecule has 0 unspecified atom stereocenters. The van der Waals surface area contributed by atoms with Crippen molar-refractivity contribution in [1.82, 2.24) is 0 Å². The first kappa shape index (κ1) is 18.8. The molecule has 3 rings (SSSR count). The molecule has 138 valence electrons. The number of sulfone groups is 1. The van der Waals surface area contributed by atoms with Crippen molar-refractivity contribution in [3.05, 3.63) is 39.4 Å². The molecule has 1 aliphatic carbocycles. The van der Waals surface area contributed by atoms with E-state index in [9.17, 15) is 18.0 Å². The molecule has 0 N–H and O–H groups in total. The summed E-state index contributed by atoms with van der Waals surface area (Å²) in [4.78, 5) is 30.1. The van der Waals surface area contributed by atoms with Crippen molar-refractivity contribution in [2.75, 3.05) is 12.9 Å². The highest BCUT2D eigenvalue weighted by Gasteiger charge is 2.33. The Morgan fingerprint density at radius 3 is 2.62 bits per heavy atom. The monoisotopic (exact) mass is 395 g/mol. The molecule has 6 nitrogen and oxygen atoms in total. The van der Waals surface area contributed by atoms with Crippen molar-refractivity contribution in [3.63, 3.8) is 0 Å². The Kier molecular flexibility index (Phi) is 5.03. The fourth-order valence-electron chi connectivity index (χ4n) is 3.41. The average molecular weight is 396 g/mol. The number of allylic oxidation sites excluding steroid dienone is 2.